The number of hydrogen-bond acceptors (Lipinski definition) is 5. The maximum Gasteiger partial charge on any atom is 0.191 e. The van der Waals surface area contributed by atoms with Crippen molar-refractivity contribution < 1.29 is 13.5 Å². The fourth-order valence-corrected chi connectivity index (χ4v) is 3.91. The Kier molecular flexibility index (Phi) is 7.59. The molecule has 3 N–H and O–H groups in total. The van der Waals surface area contributed by atoms with E-state index in [-0.39, 0.29) is 12.3 Å². The van der Waals surface area contributed by atoms with E-state index in [1.54, 1.807) is 61.4 Å². The van der Waals surface area contributed by atoms with Crippen LogP contribution in [0.3, 0.4) is 0 Å². The number of guanidine groups is 1. The molecule has 8 nitrogen and oxygen atoms in total. The monoisotopic (exact) mass is 407 g/mol. The van der Waals surface area contributed by atoms with Crippen LogP contribution in [0, 0.1) is 0 Å². The Labute approximate surface area is 166 Å². The summed E-state index contributed by atoms with van der Waals surface area (Å²) < 4.78 is 26.2. The molecule has 0 saturated carbocycles. The normalized spacial score (nSPS) is 14.5. The molecule has 0 bridgehead atoms. The number of aliphatic hydroxyl groups is 1. The van der Waals surface area contributed by atoms with E-state index in [0.29, 0.717) is 35.9 Å². The summed E-state index contributed by atoms with van der Waals surface area (Å²) in [7, 11) is -1.50. The average Bonchev–Trinajstić information content (AvgIpc) is 3.11. The van der Waals surface area contributed by atoms with Gasteiger partial charge in [0, 0.05) is 31.9 Å². The van der Waals surface area contributed by atoms with Gasteiger partial charge in [0.05, 0.1) is 23.4 Å². The highest BCUT2D eigenvalue weighted by molar-refractivity contribution is 7.91. The lowest BCUT2D eigenvalue weighted by molar-refractivity contribution is 0.0672. The second-order valence-electron chi connectivity index (χ2n) is 6.78. The van der Waals surface area contributed by atoms with Gasteiger partial charge in [-0.05, 0) is 32.4 Å². The first-order valence-corrected chi connectivity index (χ1v) is 10.9. The highest BCUT2D eigenvalue weighted by Crippen LogP contribution is 2.19. The average molecular weight is 408 g/mol. The molecule has 1 heterocycles. The van der Waals surface area contributed by atoms with Crippen LogP contribution in [0.5, 0.6) is 0 Å². The summed E-state index contributed by atoms with van der Waals surface area (Å²) in [6, 6.07) is 8.44. The Morgan fingerprint density at radius 1 is 1.29 bits per heavy atom. The van der Waals surface area contributed by atoms with E-state index in [4.69, 9.17) is 0 Å². The molecule has 1 aromatic heterocycles. The zero-order valence-corrected chi connectivity index (χ0v) is 17.4. The zero-order valence-electron chi connectivity index (χ0n) is 16.6. The molecule has 2 rings (SSSR count). The molecule has 9 heteroatoms. The molecule has 0 aliphatic heterocycles. The van der Waals surface area contributed by atoms with Crippen LogP contribution in [0.1, 0.15) is 25.8 Å². The number of sulfone groups is 1. The fourth-order valence-electron chi connectivity index (χ4n) is 2.58. The van der Waals surface area contributed by atoms with Crippen LogP contribution in [0.15, 0.2) is 52.6 Å². The van der Waals surface area contributed by atoms with Gasteiger partial charge in [0.25, 0.3) is 0 Å². The lowest BCUT2D eigenvalue weighted by Gasteiger charge is -2.20. The number of aliphatic imine (C=N–C) groups is 1. The first-order chi connectivity index (χ1) is 13.2. The molecule has 1 atom stereocenters. The number of benzene rings is 1. The third-order valence-corrected chi connectivity index (χ3v) is 6.02. The number of aryl methyl sites for hydroxylation is 1. The minimum absolute atomic E-state index is 0.0524. The standard InChI is InChI=1S/C19H29N5O3S/c1-4-20-18(22-15-19(2,25)16-13-23-24(3)14-16)21-11-8-12-28(26,27)17-9-6-5-7-10-17/h5-7,9-10,13-14,25H,4,8,11-12,15H2,1-3H3,(H2,20,21,22). The molecule has 0 fully saturated rings. The van der Waals surface area contributed by atoms with Crippen molar-refractivity contribution in [1.29, 1.82) is 0 Å². The fraction of sp³-hybridized carbons (Fsp3) is 0.474. The van der Waals surface area contributed by atoms with Gasteiger partial charge in [-0.1, -0.05) is 18.2 Å². The van der Waals surface area contributed by atoms with E-state index >= 15 is 0 Å². The number of nitrogens with zero attached hydrogens (tertiary/aromatic N) is 3. The summed E-state index contributed by atoms with van der Waals surface area (Å²) in [5.41, 5.74) is -0.462. The largest absolute Gasteiger partial charge is 0.383 e. The van der Waals surface area contributed by atoms with E-state index in [1.165, 1.54) is 0 Å². The smallest absolute Gasteiger partial charge is 0.191 e. The van der Waals surface area contributed by atoms with Crippen molar-refractivity contribution in [3.63, 3.8) is 0 Å². The molecule has 0 aliphatic carbocycles. The molecule has 0 radical (unpaired) electrons. The van der Waals surface area contributed by atoms with E-state index in [1.807, 2.05) is 6.92 Å². The second-order valence-corrected chi connectivity index (χ2v) is 8.89. The first-order valence-electron chi connectivity index (χ1n) is 9.26. The summed E-state index contributed by atoms with van der Waals surface area (Å²) >= 11 is 0. The Bertz CT molecular complexity index is 876. The van der Waals surface area contributed by atoms with Gasteiger partial charge in [-0.25, -0.2) is 13.4 Å². The van der Waals surface area contributed by atoms with Crippen LogP contribution in [-0.2, 0) is 22.5 Å². The third kappa shape index (κ3) is 6.35. The molecule has 1 aromatic carbocycles. The highest BCUT2D eigenvalue weighted by Gasteiger charge is 2.24. The van der Waals surface area contributed by atoms with Crippen LogP contribution in [0.4, 0.5) is 0 Å². The van der Waals surface area contributed by atoms with E-state index in [2.05, 4.69) is 20.7 Å². The van der Waals surface area contributed by atoms with Gasteiger partial charge in [0.2, 0.25) is 0 Å². The Hall–Kier alpha value is -2.39. The summed E-state index contributed by atoms with van der Waals surface area (Å²) in [4.78, 5) is 4.76. The van der Waals surface area contributed by atoms with E-state index in [9.17, 15) is 13.5 Å². The number of rotatable bonds is 9. The summed E-state index contributed by atoms with van der Waals surface area (Å²) in [6.45, 7) is 4.88. The van der Waals surface area contributed by atoms with Gasteiger partial charge < -0.3 is 15.7 Å². The molecule has 154 valence electrons. The summed E-state index contributed by atoms with van der Waals surface area (Å²) in [6.07, 6.45) is 3.81. The number of hydrogen-bond donors (Lipinski definition) is 3. The van der Waals surface area contributed by atoms with Crippen molar-refractivity contribution in [3.05, 3.63) is 48.3 Å². The first kappa shape index (κ1) is 21.9. The molecule has 2 aromatic rings. The van der Waals surface area contributed by atoms with Crippen molar-refractivity contribution in [2.45, 2.75) is 30.8 Å². The quantitative estimate of drug-likeness (QED) is 0.326. The van der Waals surface area contributed by atoms with Gasteiger partial charge in [-0.15, -0.1) is 0 Å². The predicted octanol–water partition coefficient (Wildman–Crippen LogP) is 1.05. The third-order valence-electron chi connectivity index (χ3n) is 4.20. The highest BCUT2D eigenvalue weighted by atomic mass is 32.2. The van der Waals surface area contributed by atoms with Gasteiger partial charge >= 0.3 is 0 Å². The molecular weight excluding hydrogens is 378 g/mol. The predicted molar refractivity (Wildman–Crippen MR) is 110 cm³/mol. The Morgan fingerprint density at radius 3 is 2.61 bits per heavy atom. The van der Waals surface area contributed by atoms with Crippen molar-refractivity contribution in [2.75, 3.05) is 25.4 Å². The molecular formula is C19H29N5O3S. The van der Waals surface area contributed by atoms with E-state index in [0.717, 1.165) is 0 Å². The summed E-state index contributed by atoms with van der Waals surface area (Å²) in [5.74, 6) is 0.584. The lowest BCUT2D eigenvalue weighted by atomic mass is 10.0. The van der Waals surface area contributed by atoms with Gasteiger partial charge in [0.15, 0.2) is 15.8 Å². The minimum atomic E-state index is -3.29. The Morgan fingerprint density at radius 2 is 2.00 bits per heavy atom. The number of nitrogens with one attached hydrogen (secondary N) is 2. The second kappa shape index (κ2) is 9.70. The molecule has 28 heavy (non-hydrogen) atoms. The van der Waals surface area contributed by atoms with Gasteiger partial charge in [0.1, 0.15) is 5.60 Å². The Balaban J connectivity index is 1.89. The molecule has 0 spiro atoms. The molecule has 0 saturated heterocycles. The number of aromatic nitrogens is 2. The van der Waals surface area contributed by atoms with Gasteiger partial charge in [-0.3, -0.25) is 4.68 Å². The van der Waals surface area contributed by atoms with Crippen LogP contribution in [0.2, 0.25) is 0 Å². The lowest BCUT2D eigenvalue weighted by Crippen LogP contribution is -2.39. The minimum Gasteiger partial charge on any atom is -0.383 e. The summed E-state index contributed by atoms with van der Waals surface area (Å²) in [5, 5.41) is 20.9. The van der Waals surface area contributed by atoms with Gasteiger partial charge in [-0.2, -0.15) is 5.10 Å². The van der Waals surface area contributed by atoms with Crippen LogP contribution in [0.25, 0.3) is 0 Å². The van der Waals surface area contributed by atoms with Crippen molar-refractivity contribution in [2.24, 2.45) is 12.0 Å². The van der Waals surface area contributed by atoms with Crippen molar-refractivity contribution >= 4 is 15.8 Å². The molecule has 1 unspecified atom stereocenters. The SMILES string of the molecule is CCNC(=NCC(C)(O)c1cnn(C)c1)NCCCS(=O)(=O)c1ccccc1. The van der Waals surface area contributed by atoms with Crippen molar-refractivity contribution in [3.8, 4) is 0 Å². The maximum absolute atomic E-state index is 12.3. The zero-order chi connectivity index (χ0) is 20.6. The van der Waals surface area contributed by atoms with Crippen LogP contribution >= 0.6 is 0 Å². The van der Waals surface area contributed by atoms with Crippen LogP contribution < -0.4 is 10.6 Å². The molecule has 0 amide bonds. The maximum atomic E-state index is 12.3. The van der Waals surface area contributed by atoms with Crippen LogP contribution in [-0.4, -0.2) is 54.7 Å². The van der Waals surface area contributed by atoms with E-state index < -0.39 is 15.4 Å². The molecule has 0 aliphatic rings. The topological polar surface area (TPSA) is 109 Å². The van der Waals surface area contributed by atoms with Crippen molar-refractivity contribution in [1.82, 2.24) is 20.4 Å².